The first-order valence-corrected chi connectivity index (χ1v) is 2.93. The Morgan fingerprint density at radius 1 is 1.89 bits per heavy atom. The summed E-state index contributed by atoms with van der Waals surface area (Å²) in [5.74, 6) is 0. The maximum atomic E-state index is 5.69. The molecule has 0 aliphatic carbocycles. The highest BCUT2D eigenvalue weighted by atomic mass is 35.5. The normalized spacial score (nSPS) is 9.56. The minimum atomic E-state index is 0.646. The van der Waals surface area contributed by atoms with Crippen LogP contribution in [0.1, 0.15) is 5.69 Å². The third-order valence-corrected chi connectivity index (χ3v) is 1.42. The van der Waals surface area contributed by atoms with E-state index in [0.29, 0.717) is 5.02 Å². The van der Waals surface area contributed by atoms with Crippen molar-refractivity contribution in [2.24, 2.45) is 7.05 Å². The summed E-state index contributed by atoms with van der Waals surface area (Å²) in [7, 11) is 1.82. The zero-order chi connectivity index (χ0) is 6.85. The third-order valence-electron chi connectivity index (χ3n) is 1.13. The second kappa shape index (κ2) is 2.23. The number of halogens is 1. The van der Waals surface area contributed by atoms with Gasteiger partial charge in [-0.15, -0.1) is 0 Å². The molecule has 0 fully saturated rings. The molecule has 0 saturated heterocycles. The smallest absolute Gasteiger partial charge is 0.0859 e. The van der Waals surface area contributed by atoms with Crippen molar-refractivity contribution in [1.82, 2.24) is 9.78 Å². The van der Waals surface area contributed by atoms with Gasteiger partial charge in [0.1, 0.15) is 0 Å². The Morgan fingerprint density at radius 2 is 2.56 bits per heavy atom. The molecule has 1 aromatic heterocycles. The Morgan fingerprint density at radius 3 is 2.78 bits per heavy atom. The molecule has 0 saturated carbocycles. The molecule has 48 valence electrons. The predicted molar refractivity (Wildman–Crippen MR) is 38.3 cm³/mol. The zero-order valence-electron chi connectivity index (χ0n) is 5.13. The van der Waals surface area contributed by atoms with Crippen LogP contribution in [0, 0.1) is 0 Å². The SMILES string of the molecule is C=Cc1c(Cl)cnn1C. The van der Waals surface area contributed by atoms with E-state index >= 15 is 0 Å². The predicted octanol–water partition coefficient (Wildman–Crippen LogP) is 1.72. The monoisotopic (exact) mass is 142 g/mol. The lowest BCUT2D eigenvalue weighted by Crippen LogP contribution is -1.91. The lowest BCUT2D eigenvalue weighted by molar-refractivity contribution is 0.760. The fourth-order valence-electron chi connectivity index (χ4n) is 0.650. The number of aryl methyl sites for hydroxylation is 1. The fourth-order valence-corrected chi connectivity index (χ4v) is 0.893. The molecule has 0 aliphatic rings. The Hall–Kier alpha value is -0.760. The molecule has 0 spiro atoms. The molecule has 0 unspecified atom stereocenters. The van der Waals surface area contributed by atoms with E-state index in [2.05, 4.69) is 11.7 Å². The van der Waals surface area contributed by atoms with Gasteiger partial charge in [0.25, 0.3) is 0 Å². The lowest BCUT2D eigenvalue weighted by Gasteiger charge is -1.91. The van der Waals surface area contributed by atoms with Crippen LogP contribution in [0.3, 0.4) is 0 Å². The third kappa shape index (κ3) is 0.980. The molecule has 3 heteroatoms. The van der Waals surface area contributed by atoms with Crippen LogP contribution >= 0.6 is 11.6 Å². The molecule has 0 aliphatic heterocycles. The Labute approximate surface area is 58.7 Å². The van der Waals surface area contributed by atoms with Gasteiger partial charge in [-0.3, -0.25) is 4.68 Å². The van der Waals surface area contributed by atoms with Crippen molar-refractivity contribution in [3.05, 3.63) is 23.5 Å². The molecule has 0 amide bonds. The minimum absolute atomic E-state index is 0.646. The van der Waals surface area contributed by atoms with Crippen molar-refractivity contribution < 1.29 is 0 Å². The number of hydrogen-bond donors (Lipinski definition) is 0. The maximum Gasteiger partial charge on any atom is 0.0859 e. The van der Waals surface area contributed by atoms with E-state index in [4.69, 9.17) is 11.6 Å². The Balaban J connectivity index is 3.22. The summed E-state index contributed by atoms with van der Waals surface area (Å²) in [6, 6.07) is 0. The van der Waals surface area contributed by atoms with Crippen LogP contribution in [0.5, 0.6) is 0 Å². The van der Waals surface area contributed by atoms with Gasteiger partial charge < -0.3 is 0 Å². The number of rotatable bonds is 1. The molecule has 0 bridgehead atoms. The summed E-state index contributed by atoms with van der Waals surface area (Å²) in [5.41, 5.74) is 0.858. The number of nitrogens with zero attached hydrogens (tertiary/aromatic N) is 2. The topological polar surface area (TPSA) is 17.8 Å². The summed E-state index contributed by atoms with van der Waals surface area (Å²) in [5, 5.41) is 4.55. The van der Waals surface area contributed by atoms with Crippen molar-refractivity contribution >= 4 is 17.7 Å². The summed E-state index contributed by atoms with van der Waals surface area (Å²) in [6.45, 7) is 3.58. The first-order chi connectivity index (χ1) is 4.25. The lowest BCUT2D eigenvalue weighted by atomic mass is 10.4. The maximum absolute atomic E-state index is 5.69. The Kier molecular flexibility index (Phi) is 1.58. The van der Waals surface area contributed by atoms with Gasteiger partial charge in [0, 0.05) is 7.05 Å². The van der Waals surface area contributed by atoms with E-state index < -0.39 is 0 Å². The van der Waals surface area contributed by atoms with E-state index in [1.807, 2.05) is 7.05 Å². The molecule has 1 rings (SSSR count). The summed E-state index contributed by atoms with van der Waals surface area (Å²) >= 11 is 5.69. The molecule has 0 radical (unpaired) electrons. The highest BCUT2D eigenvalue weighted by Gasteiger charge is 1.98. The summed E-state index contributed by atoms with van der Waals surface area (Å²) < 4.78 is 1.68. The van der Waals surface area contributed by atoms with E-state index in [1.165, 1.54) is 0 Å². The molecule has 0 N–H and O–H groups in total. The molecular formula is C6H7ClN2. The molecule has 9 heavy (non-hydrogen) atoms. The van der Waals surface area contributed by atoms with Gasteiger partial charge in [0.15, 0.2) is 0 Å². The fraction of sp³-hybridized carbons (Fsp3) is 0.167. The van der Waals surface area contributed by atoms with Gasteiger partial charge in [-0.05, 0) is 6.08 Å². The molecule has 1 aromatic rings. The summed E-state index contributed by atoms with van der Waals surface area (Å²) in [4.78, 5) is 0. The van der Waals surface area contributed by atoms with Crippen molar-refractivity contribution in [2.45, 2.75) is 0 Å². The average Bonchev–Trinajstić information content (AvgIpc) is 2.12. The van der Waals surface area contributed by atoms with E-state index in [1.54, 1.807) is 17.0 Å². The molecule has 2 nitrogen and oxygen atoms in total. The minimum Gasteiger partial charge on any atom is -0.267 e. The van der Waals surface area contributed by atoms with E-state index in [-0.39, 0.29) is 0 Å². The number of hydrogen-bond acceptors (Lipinski definition) is 1. The van der Waals surface area contributed by atoms with Gasteiger partial charge in [-0.1, -0.05) is 18.2 Å². The van der Waals surface area contributed by atoms with Crippen LogP contribution in [-0.2, 0) is 7.05 Å². The van der Waals surface area contributed by atoms with Gasteiger partial charge in [0.2, 0.25) is 0 Å². The number of aromatic nitrogens is 2. The van der Waals surface area contributed by atoms with Crippen molar-refractivity contribution in [3.8, 4) is 0 Å². The second-order valence-electron chi connectivity index (χ2n) is 1.71. The van der Waals surface area contributed by atoms with Crippen LogP contribution in [0.25, 0.3) is 6.08 Å². The van der Waals surface area contributed by atoms with Crippen LogP contribution < -0.4 is 0 Å². The molecular weight excluding hydrogens is 136 g/mol. The largest absolute Gasteiger partial charge is 0.267 e. The molecule has 1 heterocycles. The van der Waals surface area contributed by atoms with Crippen molar-refractivity contribution in [1.29, 1.82) is 0 Å². The van der Waals surface area contributed by atoms with Gasteiger partial charge in [0.05, 0.1) is 16.9 Å². The molecule has 0 aromatic carbocycles. The average molecular weight is 143 g/mol. The standard InChI is InChI=1S/C6H7ClN2/c1-3-6-5(7)4-8-9(6)2/h3-4H,1H2,2H3. The van der Waals surface area contributed by atoms with Crippen LogP contribution in [0.15, 0.2) is 12.8 Å². The second-order valence-corrected chi connectivity index (χ2v) is 2.11. The van der Waals surface area contributed by atoms with Gasteiger partial charge >= 0.3 is 0 Å². The van der Waals surface area contributed by atoms with Crippen LogP contribution in [-0.4, -0.2) is 9.78 Å². The van der Waals surface area contributed by atoms with Crippen LogP contribution in [0.2, 0.25) is 5.02 Å². The van der Waals surface area contributed by atoms with Crippen molar-refractivity contribution in [3.63, 3.8) is 0 Å². The highest BCUT2D eigenvalue weighted by Crippen LogP contribution is 2.13. The quantitative estimate of drug-likeness (QED) is 0.584. The highest BCUT2D eigenvalue weighted by molar-refractivity contribution is 6.31. The van der Waals surface area contributed by atoms with Gasteiger partial charge in [-0.25, -0.2) is 0 Å². The van der Waals surface area contributed by atoms with Crippen LogP contribution in [0.4, 0.5) is 0 Å². The first-order valence-electron chi connectivity index (χ1n) is 2.55. The Bertz CT molecular complexity index is 207. The van der Waals surface area contributed by atoms with Crippen molar-refractivity contribution in [2.75, 3.05) is 0 Å². The van der Waals surface area contributed by atoms with E-state index in [0.717, 1.165) is 5.69 Å². The summed E-state index contributed by atoms with van der Waals surface area (Å²) in [6.07, 6.45) is 3.27. The van der Waals surface area contributed by atoms with E-state index in [9.17, 15) is 0 Å². The van der Waals surface area contributed by atoms with Gasteiger partial charge in [-0.2, -0.15) is 5.10 Å². The zero-order valence-corrected chi connectivity index (χ0v) is 5.89. The first kappa shape index (κ1) is 6.36. The molecule has 0 atom stereocenters.